The summed E-state index contributed by atoms with van der Waals surface area (Å²) in [5.74, 6) is -1.24. The summed E-state index contributed by atoms with van der Waals surface area (Å²) in [6.07, 6.45) is 0. The van der Waals surface area contributed by atoms with Crippen LogP contribution in [0.3, 0.4) is 0 Å². The molecule has 3 aromatic rings. The Morgan fingerprint density at radius 1 is 1.14 bits per heavy atom. The van der Waals surface area contributed by atoms with E-state index in [0.29, 0.717) is 16.7 Å². The first kappa shape index (κ1) is 13.9. The van der Waals surface area contributed by atoms with Gasteiger partial charge in [0.05, 0.1) is 0 Å². The first-order chi connectivity index (χ1) is 10.1. The Labute approximate surface area is 125 Å². The Bertz CT molecular complexity index is 813. The highest BCUT2D eigenvalue weighted by atomic mass is 35.5. The van der Waals surface area contributed by atoms with Crippen LogP contribution in [0.15, 0.2) is 40.8 Å². The lowest BCUT2D eigenvalue weighted by molar-refractivity contribution is 0.581. The molecular formula is C16H12ClF2NO. The Morgan fingerprint density at radius 3 is 2.71 bits per heavy atom. The van der Waals surface area contributed by atoms with Gasteiger partial charge in [0.15, 0.2) is 11.0 Å². The molecule has 1 aromatic heterocycles. The van der Waals surface area contributed by atoms with Crippen LogP contribution < -0.4 is 5.32 Å². The van der Waals surface area contributed by atoms with Crippen LogP contribution in [0.4, 0.5) is 14.5 Å². The molecular weight excluding hydrogens is 296 g/mol. The van der Waals surface area contributed by atoms with Crippen molar-refractivity contribution in [2.75, 3.05) is 5.32 Å². The summed E-state index contributed by atoms with van der Waals surface area (Å²) < 4.78 is 33.1. The molecule has 0 fully saturated rings. The molecule has 2 nitrogen and oxygen atoms in total. The summed E-state index contributed by atoms with van der Waals surface area (Å²) in [6.45, 7) is 1.76. The molecule has 21 heavy (non-hydrogen) atoms. The lowest BCUT2D eigenvalue weighted by atomic mass is 10.1. The fourth-order valence-electron chi connectivity index (χ4n) is 2.23. The van der Waals surface area contributed by atoms with Crippen molar-refractivity contribution in [3.8, 4) is 0 Å². The predicted octanol–water partition coefficient (Wildman–Crippen LogP) is 5.28. The number of furan rings is 1. The molecule has 0 radical (unpaired) electrons. The topological polar surface area (TPSA) is 25.2 Å². The van der Waals surface area contributed by atoms with Gasteiger partial charge in [0.25, 0.3) is 0 Å². The number of anilines is 1. The molecule has 1 N–H and O–H groups in total. The fraction of sp³-hybridized carbons (Fsp3) is 0.125. The molecule has 5 heteroatoms. The number of hydrogen-bond acceptors (Lipinski definition) is 2. The number of nitrogens with one attached hydrogen (secondary N) is 1. The van der Waals surface area contributed by atoms with E-state index in [2.05, 4.69) is 5.32 Å². The molecule has 0 aliphatic rings. The monoisotopic (exact) mass is 307 g/mol. The van der Waals surface area contributed by atoms with Crippen molar-refractivity contribution >= 4 is 28.3 Å². The van der Waals surface area contributed by atoms with Gasteiger partial charge in [0, 0.05) is 17.5 Å². The van der Waals surface area contributed by atoms with E-state index in [0.717, 1.165) is 5.39 Å². The lowest BCUT2D eigenvalue weighted by Crippen LogP contribution is -2.05. The minimum absolute atomic E-state index is 0.156. The van der Waals surface area contributed by atoms with Crippen LogP contribution in [0.5, 0.6) is 0 Å². The SMILES string of the molecule is Cc1ccc(F)c(NCc2c(Cl)oc3ccccc23)c1F. The molecule has 0 bridgehead atoms. The van der Waals surface area contributed by atoms with Gasteiger partial charge < -0.3 is 9.73 Å². The highest BCUT2D eigenvalue weighted by Gasteiger charge is 2.15. The molecule has 0 atom stereocenters. The lowest BCUT2D eigenvalue weighted by Gasteiger charge is -2.10. The van der Waals surface area contributed by atoms with Crippen molar-refractivity contribution in [3.05, 3.63) is 64.4 Å². The van der Waals surface area contributed by atoms with Gasteiger partial charge in [-0.1, -0.05) is 24.3 Å². The average molecular weight is 308 g/mol. The van der Waals surface area contributed by atoms with Gasteiger partial charge in [0.1, 0.15) is 17.1 Å². The second-order valence-corrected chi connectivity index (χ2v) is 5.10. The number of hydrogen-bond donors (Lipinski definition) is 1. The molecule has 1 heterocycles. The number of aryl methyl sites for hydroxylation is 1. The van der Waals surface area contributed by atoms with E-state index in [1.807, 2.05) is 18.2 Å². The predicted molar refractivity (Wildman–Crippen MR) is 79.6 cm³/mol. The summed E-state index contributed by atoms with van der Waals surface area (Å²) in [5.41, 5.74) is 1.54. The summed E-state index contributed by atoms with van der Waals surface area (Å²) in [5, 5.41) is 3.81. The Morgan fingerprint density at radius 2 is 1.90 bits per heavy atom. The molecule has 0 aliphatic heterocycles. The molecule has 0 saturated heterocycles. The minimum Gasteiger partial charge on any atom is -0.444 e. The zero-order chi connectivity index (χ0) is 15.0. The van der Waals surface area contributed by atoms with Gasteiger partial charge in [-0.05, 0) is 36.2 Å². The molecule has 0 unspecified atom stereocenters. The normalized spacial score (nSPS) is 11.0. The van der Waals surface area contributed by atoms with E-state index in [4.69, 9.17) is 16.0 Å². The number of halogens is 3. The fourth-order valence-corrected chi connectivity index (χ4v) is 2.48. The molecule has 0 saturated carbocycles. The molecule has 0 spiro atoms. The molecule has 0 amide bonds. The number of benzene rings is 2. The third-order valence-electron chi connectivity index (χ3n) is 3.38. The van der Waals surface area contributed by atoms with Gasteiger partial charge in [-0.25, -0.2) is 8.78 Å². The molecule has 108 valence electrons. The van der Waals surface area contributed by atoms with Crippen LogP contribution in [-0.2, 0) is 6.54 Å². The van der Waals surface area contributed by atoms with E-state index >= 15 is 0 Å². The number of fused-ring (bicyclic) bond motifs is 1. The maximum Gasteiger partial charge on any atom is 0.199 e. The second-order valence-electron chi connectivity index (χ2n) is 4.76. The molecule has 0 aliphatic carbocycles. The van der Waals surface area contributed by atoms with Crippen LogP contribution in [0.1, 0.15) is 11.1 Å². The largest absolute Gasteiger partial charge is 0.444 e. The maximum absolute atomic E-state index is 13.9. The van der Waals surface area contributed by atoms with E-state index in [1.165, 1.54) is 12.1 Å². The van der Waals surface area contributed by atoms with E-state index in [1.54, 1.807) is 13.0 Å². The maximum atomic E-state index is 13.9. The molecule has 3 rings (SSSR count). The van der Waals surface area contributed by atoms with Crippen LogP contribution in [0.25, 0.3) is 11.0 Å². The van der Waals surface area contributed by atoms with Crippen LogP contribution in [0, 0.1) is 18.6 Å². The third kappa shape index (κ3) is 2.47. The van der Waals surface area contributed by atoms with Gasteiger partial charge in [-0.15, -0.1) is 0 Å². The highest BCUT2D eigenvalue weighted by Crippen LogP contribution is 2.31. The first-order valence-electron chi connectivity index (χ1n) is 6.42. The summed E-state index contributed by atoms with van der Waals surface area (Å²) in [6, 6.07) is 9.96. The Kier molecular flexibility index (Phi) is 3.55. The first-order valence-corrected chi connectivity index (χ1v) is 6.80. The zero-order valence-corrected chi connectivity index (χ0v) is 12.0. The van der Waals surface area contributed by atoms with Crippen molar-refractivity contribution in [1.82, 2.24) is 0 Å². The highest BCUT2D eigenvalue weighted by molar-refractivity contribution is 6.30. The van der Waals surface area contributed by atoms with Crippen molar-refractivity contribution in [3.63, 3.8) is 0 Å². The van der Waals surface area contributed by atoms with Crippen LogP contribution >= 0.6 is 11.6 Å². The second kappa shape index (κ2) is 5.37. The summed E-state index contributed by atoms with van der Waals surface area (Å²) in [7, 11) is 0. The quantitative estimate of drug-likeness (QED) is 0.711. The third-order valence-corrected chi connectivity index (χ3v) is 3.68. The number of rotatable bonds is 3. The van der Waals surface area contributed by atoms with E-state index in [-0.39, 0.29) is 17.5 Å². The summed E-state index contributed by atoms with van der Waals surface area (Å²) >= 11 is 6.05. The smallest absolute Gasteiger partial charge is 0.199 e. The average Bonchev–Trinajstić information content (AvgIpc) is 2.79. The van der Waals surface area contributed by atoms with Crippen LogP contribution in [-0.4, -0.2) is 0 Å². The standard InChI is InChI=1S/C16H12ClF2NO/c1-9-6-7-12(18)15(14(9)19)20-8-11-10-4-2-3-5-13(10)21-16(11)17/h2-7,20H,8H2,1H3. The Hall–Kier alpha value is -2.07. The minimum atomic E-state index is -0.637. The zero-order valence-electron chi connectivity index (χ0n) is 11.2. The Balaban J connectivity index is 1.94. The number of para-hydroxylation sites is 1. The summed E-state index contributed by atoms with van der Waals surface area (Å²) in [4.78, 5) is 0. The molecule has 2 aromatic carbocycles. The van der Waals surface area contributed by atoms with Gasteiger partial charge in [-0.3, -0.25) is 0 Å². The van der Waals surface area contributed by atoms with Crippen molar-refractivity contribution in [2.24, 2.45) is 0 Å². The van der Waals surface area contributed by atoms with Gasteiger partial charge >= 0.3 is 0 Å². The van der Waals surface area contributed by atoms with Crippen LogP contribution in [0.2, 0.25) is 5.22 Å². The van der Waals surface area contributed by atoms with E-state index in [9.17, 15) is 8.78 Å². The van der Waals surface area contributed by atoms with Gasteiger partial charge in [0.2, 0.25) is 0 Å². The van der Waals surface area contributed by atoms with E-state index < -0.39 is 11.6 Å². The van der Waals surface area contributed by atoms with Crippen molar-refractivity contribution < 1.29 is 13.2 Å². The van der Waals surface area contributed by atoms with Crippen molar-refractivity contribution in [2.45, 2.75) is 13.5 Å². The van der Waals surface area contributed by atoms with Gasteiger partial charge in [-0.2, -0.15) is 0 Å². The van der Waals surface area contributed by atoms with Crippen molar-refractivity contribution in [1.29, 1.82) is 0 Å².